The maximum absolute atomic E-state index is 11.2. The average Bonchev–Trinajstić information content (AvgIpc) is 3.18. The van der Waals surface area contributed by atoms with Gasteiger partial charge in [0.05, 0.1) is 5.60 Å². The lowest BCUT2D eigenvalue weighted by atomic mass is 9.89. The molecule has 1 aliphatic rings. The van der Waals surface area contributed by atoms with E-state index in [1.807, 2.05) is 23.7 Å². The fraction of sp³-hybridized carbons (Fsp3) is 0.500. The summed E-state index contributed by atoms with van der Waals surface area (Å²) in [5.41, 5.74) is 1.45. The van der Waals surface area contributed by atoms with Crippen molar-refractivity contribution in [3.63, 3.8) is 0 Å². The zero-order chi connectivity index (χ0) is 18.1. The molecule has 1 unspecified atom stereocenters. The standard InChI is InChI=1S/C20H26N4O2/c1-3-17-16(15-7-4-5-8-18(15)26-17)12-24-10-6-9-20(25,13-24)11-19-22-21-14-23(19)2/h4-5,7-8,14,25H,3,6,9-13H2,1-2H3. The summed E-state index contributed by atoms with van der Waals surface area (Å²) in [5.74, 6) is 1.88. The van der Waals surface area contributed by atoms with Crippen molar-refractivity contribution in [1.29, 1.82) is 0 Å². The molecule has 6 heteroatoms. The van der Waals surface area contributed by atoms with Crippen molar-refractivity contribution >= 4 is 11.0 Å². The number of piperidine rings is 1. The Kier molecular flexibility index (Phi) is 4.54. The van der Waals surface area contributed by atoms with Crippen LogP contribution in [0.4, 0.5) is 0 Å². The van der Waals surface area contributed by atoms with Gasteiger partial charge in [0.15, 0.2) is 0 Å². The largest absolute Gasteiger partial charge is 0.461 e. The first-order valence-electron chi connectivity index (χ1n) is 9.35. The molecule has 0 saturated carbocycles. The van der Waals surface area contributed by atoms with E-state index >= 15 is 0 Å². The van der Waals surface area contributed by atoms with E-state index in [1.54, 1.807) is 6.33 Å². The quantitative estimate of drug-likeness (QED) is 0.763. The molecule has 1 aromatic carbocycles. The number of para-hydroxylation sites is 1. The van der Waals surface area contributed by atoms with Gasteiger partial charge in [-0.3, -0.25) is 4.90 Å². The molecule has 26 heavy (non-hydrogen) atoms. The van der Waals surface area contributed by atoms with Crippen molar-refractivity contribution < 1.29 is 9.52 Å². The van der Waals surface area contributed by atoms with Gasteiger partial charge in [0.1, 0.15) is 23.5 Å². The fourth-order valence-corrected chi connectivity index (χ4v) is 4.08. The van der Waals surface area contributed by atoms with Crippen LogP contribution in [0.25, 0.3) is 11.0 Å². The van der Waals surface area contributed by atoms with E-state index in [-0.39, 0.29) is 0 Å². The summed E-state index contributed by atoms with van der Waals surface area (Å²) in [6.45, 7) is 4.56. The minimum absolute atomic E-state index is 0.534. The lowest BCUT2D eigenvalue weighted by Gasteiger charge is -2.39. The molecule has 1 fully saturated rings. The van der Waals surface area contributed by atoms with Crippen molar-refractivity contribution in [2.45, 2.75) is 44.8 Å². The topological polar surface area (TPSA) is 67.3 Å². The van der Waals surface area contributed by atoms with Crippen molar-refractivity contribution in [3.05, 3.63) is 47.7 Å². The van der Waals surface area contributed by atoms with Crippen molar-refractivity contribution in [3.8, 4) is 0 Å². The average molecular weight is 354 g/mol. The van der Waals surface area contributed by atoms with Crippen molar-refractivity contribution in [1.82, 2.24) is 19.7 Å². The van der Waals surface area contributed by atoms with Crippen molar-refractivity contribution in [2.75, 3.05) is 13.1 Å². The normalized spacial score (nSPS) is 21.5. The van der Waals surface area contributed by atoms with Gasteiger partial charge in [-0.05, 0) is 25.5 Å². The van der Waals surface area contributed by atoms with Crippen LogP contribution in [0.2, 0.25) is 0 Å². The van der Waals surface area contributed by atoms with Gasteiger partial charge >= 0.3 is 0 Å². The lowest BCUT2D eigenvalue weighted by Crippen LogP contribution is -2.49. The van der Waals surface area contributed by atoms with Gasteiger partial charge < -0.3 is 14.1 Å². The van der Waals surface area contributed by atoms with Gasteiger partial charge in [-0.25, -0.2) is 0 Å². The molecule has 2 aromatic heterocycles. The minimum Gasteiger partial charge on any atom is -0.461 e. The molecule has 1 atom stereocenters. The van der Waals surface area contributed by atoms with Crippen LogP contribution < -0.4 is 0 Å². The van der Waals surface area contributed by atoms with E-state index < -0.39 is 5.60 Å². The molecule has 3 aromatic rings. The Morgan fingerprint density at radius 1 is 1.31 bits per heavy atom. The van der Waals surface area contributed by atoms with Crippen LogP contribution in [0.15, 0.2) is 35.0 Å². The first-order chi connectivity index (χ1) is 12.6. The molecule has 3 heterocycles. The molecule has 0 amide bonds. The number of likely N-dealkylation sites (tertiary alicyclic amines) is 1. The lowest BCUT2D eigenvalue weighted by molar-refractivity contribution is -0.0345. The zero-order valence-corrected chi connectivity index (χ0v) is 15.5. The highest BCUT2D eigenvalue weighted by Crippen LogP contribution is 2.30. The van der Waals surface area contributed by atoms with E-state index in [0.717, 1.165) is 49.5 Å². The Balaban J connectivity index is 1.55. The van der Waals surface area contributed by atoms with Crippen LogP contribution >= 0.6 is 0 Å². The Morgan fingerprint density at radius 2 is 2.15 bits per heavy atom. The number of rotatable bonds is 5. The minimum atomic E-state index is -0.759. The molecule has 1 aliphatic heterocycles. The molecular formula is C20H26N4O2. The molecule has 0 spiro atoms. The highest BCUT2D eigenvalue weighted by atomic mass is 16.3. The SMILES string of the molecule is CCc1oc2ccccc2c1CN1CCCC(O)(Cc2nncn2C)C1. The van der Waals surface area contributed by atoms with Gasteiger partial charge in [-0.15, -0.1) is 10.2 Å². The second-order valence-corrected chi connectivity index (χ2v) is 7.43. The molecule has 138 valence electrons. The Hall–Kier alpha value is -2.18. The van der Waals surface area contributed by atoms with Crippen LogP contribution in [0, 0.1) is 0 Å². The molecule has 0 bridgehead atoms. The molecule has 1 N–H and O–H groups in total. The van der Waals surface area contributed by atoms with E-state index in [0.29, 0.717) is 13.0 Å². The zero-order valence-electron chi connectivity index (χ0n) is 15.5. The monoisotopic (exact) mass is 354 g/mol. The summed E-state index contributed by atoms with van der Waals surface area (Å²) in [7, 11) is 1.92. The predicted octanol–water partition coefficient (Wildman–Crippen LogP) is 2.69. The second kappa shape index (κ2) is 6.85. The summed E-state index contributed by atoms with van der Waals surface area (Å²) < 4.78 is 7.92. The van der Waals surface area contributed by atoms with E-state index in [2.05, 4.69) is 34.2 Å². The van der Waals surface area contributed by atoms with E-state index in [4.69, 9.17) is 4.42 Å². The number of aryl methyl sites for hydroxylation is 2. The number of β-amino-alcohol motifs (C(OH)–C–C–N with tert-alkyl or cyclic N) is 1. The molecular weight excluding hydrogens is 328 g/mol. The van der Waals surface area contributed by atoms with Crippen LogP contribution in [0.1, 0.15) is 36.9 Å². The highest BCUT2D eigenvalue weighted by molar-refractivity contribution is 5.82. The number of aliphatic hydroxyl groups is 1. The third-order valence-electron chi connectivity index (χ3n) is 5.41. The van der Waals surface area contributed by atoms with Crippen LogP contribution in [0.3, 0.4) is 0 Å². The summed E-state index contributed by atoms with van der Waals surface area (Å²) in [4.78, 5) is 2.34. The maximum atomic E-state index is 11.2. The summed E-state index contributed by atoms with van der Waals surface area (Å²) in [5, 5.41) is 20.4. The Morgan fingerprint density at radius 3 is 2.92 bits per heavy atom. The molecule has 0 radical (unpaired) electrons. The predicted molar refractivity (Wildman–Crippen MR) is 99.8 cm³/mol. The maximum Gasteiger partial charge on any atom is 0.135 e. The number of benzene rings is 1. The first-order valence-corrected chi connectivity index (χ1v) is 9.35. The number of furan rings is 1. The third-order valence-corrected chi connectivity index (χ3v) is 5.41. The van der Waals surface area contributed by atoms with Gasteiger partial charge in [0, 0.05) is 43.9 Å². The molecule has 4 rings (SSSR count). The first kappa shape index (κ1) is 17.2. The number of aromatic nitrogens is 3. The van der Waals surface area contributed by atoms with Crippen LogP contribution in [-0.2, 0) is 26.4 Å². The highest BCUT2D eigenvalue weighted by Gasteiger charge is 2.35. The molecule has 0 aliphatic carbocycles. The number of nitrogens with zero attached hydrogens (tertiary/aromatic N) is 4. The number of fused-ring (bicyclic) bond motifs is 1. The summed E-state index contributed by atoms with van der Waals surface area (Å²) in [6, 6.07) is 8.22. The Bertz CT molecular complexity index is 900. The second-order valence-electron chi connectivity index (χ2n) is 7.43. The number of hydrogen-bond donors (Lipinski definition) is 1. The summed E-state index contributed by atoms with van der Waals surface area (Å²) in [6.07, 6.45) is 4.87. The van der Waals surface area contributed by atoms with Gasteiger partial charge in [-0.1, -0.05) is 25.1 Å². The molecule has 1 saturated heterocycles. The van der Waals surface area contributed by atoms with Gasteiger partial charge in [0.2, 0.25) is 0 Å². The fourth-order valence-electron chi connectivity index (χ4n) is 4.08. The van der Waals surface area contributed by atoms with Gasteiger partial charge in [-0.2, -0.15) is 0 Å². The van der Waals surface area contributed by atoms with E-state index in [9.17, 15) is 5.11 Å². The summed E-state index contributed by atoms with van der Waals surface area (Å²) >= 11 is 0. The van der Waals surface area contributed by atoms with Crippen LogP contribution in [0.5, 0.6) is 0 Å². The van der Waals surface area contributed by atoms with E-state index in [1.165, 1.54) is 10.9 Å². The number of hydrogen-bond acceptors (Lipinski definition) is 5. The van der Waals surface area contributed by atoms with Gasteiger partial charge in [0.25, 0.3) is 0 Å². The third kappa shape index (κ3) is 3.27. The molecule has 6 nitrogen and oxygen atoms in total. The van der Waals surface area contributed by atoms with Crippen LogP contribution in [-0.4, -0.2) is 43.5 Å². The smallest absolute Gasteiger partial charge is 0.135 e. The van der Waals surface area contributed by atoms with Crippen molar-refractivity contribution in [2.24, 2.45) is 7.05 Å². The Labute approximate surface area is 153 Å².